The van der Waals surface area contributed by atoms with Crippen LogP contribution in [0.3, 0.4) is 0 Å². The molecule has 2 fully saturated rings. The summed E-state index contributed by atoms with van der Waals surface area (Å²) < 4.78 is 2.35. The van der Waals surface area contributed by atoms with E-state index in [1.54, 1.807) is 0 Å². The van der Waals surface area contributed by atoms with Crippen molar-refractivity contribution in [3.8, 4) is 0 Å². The van der Waals surface area contributed by atoms with E-state index in [2.05, 4.69) is 25.7 Å². The third-order valence-corrected chi connectivity index (χ3v) is 6.13. The number of nitrogens with zero attached hydrogens (tertiary/aromatic N) is 4. The van der Waals surface area contributed by atoms with Crippen molar-refractivity contribution in [3.63, 3.8) is 0 Å². The van der Waals surface area contributed by atoms with Crippen LogP contribution in [0.25, 0.3) is 11.0 Å². The Morgan fingerprint density at radius 1 is 1.14 bits per heavy atom. The quantitative estimate of drug-likeness (QED) is 0.715. The van der Waals surface area contributed by atoms with Gasteiger partial charge in [-0.25, -0.2) is 9.97 Å². The number of benzene rings is 1. The maximum Gasteiger partial charge on any atom is 0.223 e. The first-order valence-electron chi connectivity index (χ1n) is 10.5. The topological polar surface area (TPSA) is 66.8 Å². The number of aryl methyl sites for hydroxylation is 1. The number of piperidine rings is 1. The van der Waals surface area contributed by atoms with Crippen LogP contribution in [0, 0.1) is 5.92 Å². The molecule has 3 heterocycles. The molecule has 1 amide bonds. The van der Waals surface area contributed by atoms with Gasteiger partial charge in [-0.3, -0.25) is 4.79 Å². The number of para-hydroxylation sites is 2. The maximum atomic E-state index is 12.7. The van der Waals surface area contributed by atoms with Crippen LogP contribution in [-0.4, -0.2) is 43.4 Å². The van der Waals surface area contributed by atoms with Gasteiger partial charge in [0.15, 0.2) is 0 Å². The fourth-order valence-electron chi connectivity index (χ4n) is 4.31. The van der Waals surface area contributed by atoms with Crippen molar-refractivity contribution >= 4 is 16.9 Å². The number of carbonyl (C=O) groups is 1. The van der Waals surface area contributed by atoms with Crippen LogP contribution in [0.4, 0.5) is 0 Å². The third kappa shape index (κ3) is 3.68. The summed E-state index contributed by atoms with van der Waals surface area (Å²) in [6.45, 7) is 2.78. The van der Waals surface area contributed by atoms with Crippen LogP contribution in [0.5, 0.6) is 0 Å². The van der Waals surface area contributed by atoms with Crippen molar-refractivity contribution in [2.24, 2.45) is 5.92 Å². The second kappa shape index (κ2) is 7.41. The summed E-state index contributed by atoms with van der Waals surface area (Å²) in [6, 6.07) is 7.99. The smallest absolute Gasteiger partial charge is 0.223 e. The molecular weight excluding hydrogens is 350 g/mol. The molecule has 0 bridgehead atoms. The average Bonchev–Trinajstić information content (AvgIpc) is 3.25. The molecule has 1 saturated heterocycles. The van der Waals surface area contributed by atoms with Crippen LogP contribution in [0.15, 0.2) is 36.7 Å². The first-order chi connectivity index (χ1) is 13.8. The van der Waals surface area contributed by atoms with E-state index in [1.807, 2.05) is 35.4 Å². The summed E-state index contributed by atoms with van der Waals surface area (Å²) in [5, 5.41) is 0. The molecule has 2 aromatic heterocycles. The van der Waals surface area contributed by atoms with E-state index in [9.17, 15) is 4.79 Å². The maximum absolute atomic E-state index is 12.7. The Labute approximate surface area is 165 Å². The van der Waals surface area contributed by atoms with Gasteiger partial charge in [-0.15, -0.1) is 0 Å². The first kappa shape index (κ1) is 17.5. The number of hydrogen-bond acceptors (Lipinski definition) is 3. The Morgan fingerprint density at radius 3 is 2.75 bits per heavy atom. The second-order valence-electron chi connectivity index (χ2n) is 8.24. The lowest BCUT2D eigenvalue weighted by Gasteiger charge is -2.32. The van der Waals surface area contributed by atoms with E-state index in [1.165, 1.54) is 18.7 Å². The van der Waals surface area contributed by atoms with E-state index in [-0.39, 0.29) is 5.91 Å². The number of H-pyrrole nitrogens is 1. The van der Waals surface area contributed by atoms with E-state index >= 15 is 0 Å². The predicted octanol–water partition coefficient (Wildman–Crippen LogP) is 3.51. The van der Waals surface area contributed by atoms with Crippen LogP contribution >= 0.6 is 0 Å². The van der Waals surface area contributed by atoms with Crippen LogP contribution in [0.1, 0.15) is 49.7 Å². The second-order valence-corrected chi connectivity index (χ2v) is 8.24. The zero-order chi connectivity index (χ0) is 18.9. The Morgan fingerprint density at radius 2 is 1.96 bits per heavy atom. The van der Waals surface area contributed by atoms with Gasteiger partial charge in [-0.1, -0.05) is 12.1 Å². The van der Waals surface area contributed by atoms with Crippen molar-refractivity contribution in [1.29, 1.82) is 0 Å². The highest BCUT2D eigenvalue weighted by molar-refractivity contribution is 5.77. The summed E-state index contributed by atoms with van der Waals surface area (Å²) in [4.78, 5) is 27.2. The van der Waals surface area contributed by atoms with Crippen LogP contribution in [-0.2, 0) is 17.8 Å². The first-order valence-corrected chi connectivity index (χ1v) is 10.5. The van der Waals surface area contributed by atoms with Gasteiger partial charge < -0.3 is 14.5 Å². The molecule has 1 N–H and O–H groups in total. The minimum Gasteiger partial charge on any atom is -0.343 e. The number of aromatic nitrogens is 4. The summed E-state index contributed by atoms with van der Waals surface area (Å²) in [5.74, 6) is 3.69. The number of rotatable bonds is 6. The molecule has 3 aromatic rings. The summed E-state index contributed by atoms with van der Waals surface area (Å²) in [6.07, 6.45) is 9.98. The lowest BCUT2D eigenvalue weighted by atomic mass is 9.95. The largest absolute Gasteiger partial charge is 0.343 e. The number of aromatic amines is 1. The van der Waals surface area contributed by atoms with E-state index in [0.29, 0.717) is 18.8 Å². The molecule has 1 aliphatic heterocycles. The van der Waals surface area contributed by atoms with E-state index in [0.717, 1.165) is 55.3 Å². The Hall–Kier alpha value is -2.63. The van der Waals surface area contributed by atoms with Crippen LogP contribution < -0.4 is 0 Å². The molecule has 5 rings (SSSR count). The molecule has 0 radical (unpaired) electrons. The number of hydrogen-bond donors (Lipinski definition) is 1. The van der Waals surface area contributed by atoms with E-state index < -0.39 is 0 Å². The Bertz CT molecular complexity index is 929. The molecule has 28 heavy (non-hydrogen) atoms. The van der Waals surface area contributed by atoms with Crippen molar-refractivity contribution in [2.45, 2.75) is 51.0 Å². The lowest BCUT2D eigenvalue weighted by molar-refractivity contribution is -0.132. The number of nitrogens with one attached hydrogen (secondary N) is 1. The number of fused-ring (bicyclic) bond motifs is 1. The molecule has 1 saturated carbocycles. The summed E-state index contributed by atoms with van der Waals surface area (Å²) in [5.41, 5.74) is 2.00. The zero-order valence-electron chi connectivity index (χ0n) is 16.2. The molecule has 0 unspecified atom stereocenters. The number of carbonyl (C=O) groups excluding carboxylic acids is 1. The Kier molecular flexibility index (Phi) is 4.63. The summed E-state index contributed by atoms with van der Waals surface area (Å²) >= 11 is 0. The van der Waals surface area contributed by atoms with Crippen molar-refractivity contribution in [1.82, 2.24) is 24.4 Å². The molecule has 1 aromatic carbocycles. The van der Waals surface area contributed by atoms with Gasteiger partial charge in [0.1, 0.15) is 11.6 Å². The van der Waals surface area contributed by atoms with Crippen molar-refractivity contribution in [2.75, 3.05) is 13.1 Å². The highest BCUT2D eigenvalue weighted by Crippen LogP contribution is 2.33. The van der Waals surface area contributed by atoms with Gasteiger partial charge in [0.2, 0.25) is 5.91 Å². The number of imidazole rings is 2. The third-order valence-electron chi connectivity index (χ3n) is 6.13. The fourth-order valence-corrected chi connectivity index (χ4v) is 4.31. The Balaban J connectivity index is 1.14. The van der Waals surface area contributed by atoms with Gasteiger partial charge in [0.25, 0.3) is 0 Å². The normalized spacial score (nSPS) is 18.1. The van der Waals surface area contributed by atoms with Gasteiger partial charge in [-0.2, -0.15) is 0 Å². The fraction of sp³-hybridized carbons (Fsp3) is 0.500. The predicted molar refractivity (Wildman–Crippen MR) is 108 cm³/mol. The van der Waals surface area contributed by atoms with Gasteiger partial charge in [-0.05, 0) is 43.7 Å². The molecule has 6 heteroatoms. The molecular formula is C22H27N5O. The highest BCUT2D eigenvalue weighted by atomic mass is 16.2. The van der Waals surface area contributed by atoms with Gasteiger partial charge in [0, 0.05) is 50.8 Å². The van der Waals surface area contributed by atoms with Crippen molar-refractivity contribution < 1.29 is 4.79 Å². The minimum atomic E-state index is 0.236. The molecule has 0 spiro atoms. The minimum absolute atomic E-state index is 0.236. The zero-order valence-corrected chi connectivity index (χ0v) is 16.2. The highest BCUT2D eigenvalue weighted by Gasteiger charge is 2.28. The standard InChI is InChI=1S/C22H27N5O/c28-21(8-7-20-24-18-3-1-2-4-19(18)25-20)26-12-9-17(10-13-26)22-23-11-14-27(22)15-16-5-6-16/h1-4,11,14,16-17H,5-10,12-13,15H2,(H,24,25). The molecule has 2 aliphatic rings. The lowest BCUT2D eigenvalue weighted by Crippen LogP contribution is -2.38. The van der Waals surface area contributed by atoms with Gasteiger partial charge >= 0.3 is 0 Å². The monoisotopic (exact) mass is 377 g/mol. The van der Waals surface area contributed by atoms with Gasteiger partial charge in [0.05, 0.1) is 11.0 Å². The molecule has 6 nitrogen and oxygen atoms in total. The van der Waals surface area contributed by atoms with Crippen LogP contribution in [0.2, 0.25) is 0 Å². The number of likely N-dealkylation sites (tertiary alicyclic amines) is 1. The molecule has 146 valence electrons. The molecule has 0 atom stereocenters. The van der Waals surface area contributed by atoms with E-state index in [4.69, 9.17) is 0 Å². The average molecular weight is 377 g/mol. The number of amides is 1. The van der Waals surface area contributed by atoms with Crippen molar-refractivity contribution in [3.05, 3.63) is 48.3 Å². The molecule has 1 aliphatic carbocycles. The SMILES string of the molecule is O=C(CCc1nc2ccccc2[nH]1)N1CCC(c2nccn2CC2CC2)CC1. The summed E-state index contributed by atoms with van der Waals surface area (Å²) in [7, 11) is 0.